The minimum Gasteiger partial charge on any atom is -0.493 e. The van der Waals surface area contributed by atoms with Crippen molar-refractivity contribution in [2.45, 2.75) is 12.8 Å². The van der Waals surface area contributed by atoms with Crippen LogP contribution in [0.15, 0.2) is 49.1 Å². The molecule has 0 aliphatic rings. The number of primary amides is 1. The summed E-state index contributed by atoms with van der Waals surface area (Å²) >= 11 is 0. The highest BCUT2D eigenvalue weighted by atomic mass is 19.1. The Morgan fingerprint density at radius 1 is 1.18 bits per heavy atom. The smallest absolute Gasteiger partial charge is 0.258 e. The number of nitrogens with two attached hydrogens (primary N) is 1. The van der Waals surface area contributed by atoms with Crippen molar-refractivity contribution in [3.05, 3.63) is 66.0 Å². The third-order valence-electron chi connectivity index (χ3n) is 4.13. The zero-order chi connectivity index (χ0) is 20.7. The van der Waals surface area contributed by atoms with E-state index in [1.807, 2.05) is 0 Å². The highest BCUT2D eigenvalue weighted by Crippen LogP contribution is 2.34. The van der Waals surface area contributed by atoms with Gasteiger partial charge in [-0.05, 0) is 42.8 Å². The lowest BCUT2D eigenvalue weighted by molar-refractivity contribution is -0.117. The van der Waals surface area contributed by atoms with Gasteiger partial charge >= 0.3 is 0 Å². The van der Waals surface area contributed by atoms with E-state index in [-0.39, 0.29) is 18.9 Å². The van der Waals surface area contributed by atoms with Gasteiger partial charge in [0.15, 0.2) is 11.5 Å². The topological polar surface area (TPSA) is 81.9 Å². The number of hydrogen-bond donors (Lipinski definition) is 1. The molecule has 0 saturated carbocycles. The van der Waals surface area contributed by atoms with Crippen LogP contribution in [0, 0.1) is 5.82 Å². The molecule has 0 heterocycles. The maximum atomic E-state index is 13.3. The number of amides is 2. The third-order valence-corrected chi connectivity index (χ3v) is 4.13. The number of benzene rings is 2. The molecule has 0 saturated heterocycles. The number of nitrogens with zero attached hydrogens (tertiary/aromatic N) is 1. The molecular weight excluding hydrogens is 363 g/mol. The Morgan fingerprint density at radius 2 is 1.86 bits per heavy atom. The van der Waals surface area contributed by atoms with Gasteiger partial charge in [-0.25, -0.2) is 4.39 Å². The average molecular weight is 386 g/mol. The lowest BCUT2D eigenvalue weighted by atomic mass is 10.0. The van der Waals surface area contributed by atoms with Gasteiger partial charge < -0.3 is 20.1 Å². The van der Waals surface area contributed by atoms with E-state index in [0.29, 0.717) is 29.2 Å². The summed E-state index contributed by atoms with van der Waals surface area (Å²) in [5, 5.41) is 0. The van der Waals surface area contributed by atoms with Crippen LogP contribution in [0.4, 0.5) is 10.1 Å². The fourth-order valence-corrected chi connectivity index (χ4v) is 2.82. The molecule has 6 nitrogen and oxygen atoms in total. The van der Waals surface area contributed by atoms with Crippen LogP contribution in [0.25, 0.3) is 0 Å². The highest BCUT2D eigenvalue weighted by Gasteiger charge is 2.22. The van der Waals surface area contributed by atoms with Crippen LogP contribution >= 0.6 is 0 Å². The van der Waals surface area contributed by atoms with Gasteiger partial charge in [0.25, 0.3) is 5.91 Å². The Hall–Kier alpha value is -3.35. The van der Waals surface area contributed by atoms with Crippen LogP contribution in [0.5, 0.6) is 11.5 Å². The van der Waals surface area contributed by atoms with Gasteiger partial charge in [-0.1, -0.05) is 6.08 Å². The predicted molar refractivity (Wildman–Crippen MR) is 105 cm³/mol. The molecular formula is C21H23FN2O4. The maximum absolute atomic E-state index is 13.3. The van der Waals surface area contributed by atoms with Crippen LogP contribution in [0.3, 0.4) is 0 Å². The zero-order valence-corrected chi connectivity index (χ0v) is 15.9. The van der Waals surface area contributed by atoms with Crippen LogP contribution in [0.1, 0.15) is 22.3 Å². The molecule has 2 rings (SSSR count). The van der Waals surface area contributed by atoms with E-state index < -0.39 is 11.7 Å². The molecule has 2 aromatic carbocycles. The van der Waals surface area contributed by atoms with Crippen LogP contribution in [0.2, 0.25) is 0 Å². The molecule has 0 aromatic heterocycles. The zero-order valence-electron chi connectivity index (χ0n) is 15.9. The first-order valence-corrected chi connectivity index (χ1v) is 8.62. The van der Waals surface area contributed by atoms with Gasteiger partial charge in [-0.3, -0.25) is 9.59 Å². The Labute approximate surface area is 163 Å². The Morgan fingerprint density at radius 3 is 2.39 bits per heavy atom. The number of anilines is 1. The van der Waals surface area contributed by atoms with Crippen molar-refractivity contribution in [3.8, 4) is 11.5 Å². The van der Waals surface area contributed by atoms with Crippen molar-refractivity contribution < 1.29 is 23.5 Å². The number of hydrogen-bond acceptors (Lipinski definition) is 4. The number of halogens is 1. The number of carbonyl (C=O) groups is 2. The number of allylic oxidation sites excluding steroid dienone is 1. The van der Waals surface area contributed by atoms with Gasteiger partial charge in [0.05, 0.1) is 14.2 Å². The van der Waals surface area contributed by atoms with Gasteiger partial charge in [0.1, 0.15) is 5.82 Å². The Balaban J connectivity index is 2.50. The average Bonchev–Trinajstić information content (AvgIpc) is 2.68. The monoisotopic (exact) mass is 386 g/mol. The summed E-state index contributed by atoms with van der Waals surface area (Å²) < 4.78 is 24.0. The molecule has 0 spiro atoms. The molecule has 148 valence electrons. The largest absolute Gasteiger partial charge is 0.493 e. The summed E-state index contributed by atoms with van der Waals surface area (Å²) in [5.74, 6) is -0.423. The number of ether oxygens (including phenoxy) is 2. The molecule has 0 aliphatic heterocycles. The van der Waals surface area contributed by atoms with Crippen LogP contribution < -0.4 is 20.1 Å². The third kappa shape index (κ3) is 4.88. The second kappa shape index (κ2) is 9.55. The molecule has 2 amide bonds. The minimum atomic E-state index is -0.542. The summed E-state index contributed by atoms with van der Waals surface area (Å²) in [6.07, 6.45) is 2.13. The SMILES string of the molecule is C=CCc1cc(C(=O)N(CCC(N)=O)c2ccc(F)cc2)cc(OC)c1OC. The van der Waals surface area contributed by atoms with Crippen molar-refractivity contribution >= 4 is 17.5 Å². The quantitative estimate of drug-likeness (QED) is 0.672. The van der Waals surface area contributed by atoms with E-state index in [4.69, 9.17) is 15.2 Å². The van der Waals surface area contributed by atoms with E-state index in [0.717, 1.165) is 5.56 Å². The van der Waals surface area contributed by atoms with Crippen LogP contribution in [-0.2, 0) is 11.2 Å². The van der Waals surface area contributed by atoms with E-state index in [1.54, 1.807) is 18.2 Å². The van der Waals surface area contributed by atoms with Crippen molar-refractivity contribution in [2.24, 2.45) is 5.73 Å². The Kier molecular flexibility index (Phi) is 7.14. The summed E-state index contributed by atoms with van der Waals surface area (Å²) in [7, 11) is 3.00. The maximum Gasteiger partial charge on any atom is 0.258 e. The molecule has 2 N–H and O–H groups in total. The van der Waals surface area contributed by atoms with Gasteiger partial charge in [-0.2, -0.15) is 0 Å². The van der Waals surface area contributed by atoms with Gasteiger partial charge in [-0.15, -0.1) is 6.58 Å². The highest BCUT2D eigenvalue weighted by molar-refractivity contribution is 6.07. The fraction of sp³-hybridized carbons (Fsp3) is 0.238. The van der Waals surface area contributed by atoms with Crippen molar-refractivity contribution in [3.63, 3.8) is 0 Å². The summed E-state index contributed by atoms with van der Waals surface area (Å²) in [6, 6.07) is 8.69. The first-order valence-electron chi connectivity index (χ1n) is 8.62. The molecule has 0 radical (unpaired) electrons. The van der Waals surface area contributed by atoms with E-state index in [9.17, 15) is 14.0 Å². The predicted octanol–water partition coefficient (Wildman–Crippen LogP) is 3.09. The Bertz CT molecular complexity index is 865. The molecule has 0 aliphatic carbocycles. The van der Waals surface area contributed by atoms with E-state index in [2.05, 4.69) is 6.58 Å². The number of rotatable bonds is 9. The van der Waals surface area contributed by atoms with E-state index >= 15 is 0 Å². The normalized spacial score (nSPS) is 10.2. The van der Waals surface area contributed by atoms with Crippen molar-refractivity contribution in [1.82, 2.24) is 0 Å². The second-order valence-corrected chi connectivity index (χ2v) is 6.01. The minimum absolute atomic E-state index is 0.0318. The molecule has 0 fully saturated rings. The first kappa shape index (κ1) is 21.0. The summed E-state index contributed by atoms with van der Waals surface area (Å²) in [5.41, 5.74) is 6.76. The summed E-state index contributed by atoms with van der Waals surface area (Å²) in [4.78, 5) is 25.9. The number of carbonyl (C=O) groups excluding carboxylic acids is 2. The lowest BCUT2D eigenvalue weighted by Crippen LogP contribution is -2.34. The fourth-order valence-electron chi connectivity index (χ4n) is 2.82. The summed E-state index contributed by atoms with van der Waals surface area (Å²) in [6.45, 7) is 3.78. The number of methoxy groups -OCH3 is 2. The van der Waals surface area contributed by atoms with E-state index in [1.165, 1.54) is 43.4 Å². The lowest BCUT2D eigenvalue weighted by Gasteiger charge is -2.23. The van der Waals surface area contributed by atoms with Gasteiger partial charge in [0, 0.05) is 29.8 Å². The van der Waals surface area contributed by atoms with Crippen LogP contribution in [-0.4, -0.2) is 32.6 Å². The molecule has 28 heavy (non-hydrogen) atoms. The molecule has 0 bridgehead atoms. The molecule has 7 heteroatoms. The standard InChI is InChI=1S/C21H23FN2O4/c1-4-5-14-12-15(13-18(27-2)20(14)28-3)21(26)24(11-10-19(23)25)17-8-6-16(22)7-9-17/h4,6-9,12-13H,1,5,10-11H2,2-3H3,(H2,23,25). The molecule has 2 aromatic rings. The second-order valence-electron chi connectivity index (χ2n) is 6.01. The first-order chi connectivity index (χ1) is 13.4. The van der Waals surface area contributed by atoms with Crippen molar-refractivity contribution in [1.29, 1.82) is 0 Å². The van der Waals surface area contributed by atoms with Crippen molar-refractivity contribution in [2.75, 3.05) is 25.7 Å². The molecule has 0 unspecified atom stereocenters. The molecule has 0 atom stereocenters. The van der Waals surface area contributed by atoms with Gasteiger partial charge in [0.2, 0.25) is 5.91 Å².